The van der Waals surface area contributed by atoms with E-state index in [1.165, 1.54) is 18.2 Å². The van der Waals surface area contributed by atoms with Gasteiger partial charge in [-0.05, 0) is 12.1 Å². The van der Waals surface area contributed by atoms with Gasteiger partial charge in [0.1, 0.15) is 0 Å². The molecule has 1 saturated heterocycles. The number of β-amino-alcohol motifs (C(OH)–C–C–N with tert-alkyl or cyclic N) is 1. The first kappa shape index (κ1) is 15.6. The molecule has 1 aliphatic heterocycles. The Labute approximate surface area is 117 Å². The number of hydrogen-bond donors (Lipinski definition) is 1. The van der Waals surface area contributed by atoms with Crippen molar-refractivity contribution in [1.29, 1.82) is 0 Å². The number of alkyl halides is 3. The molecule has 1 fully saturated rings. The SMILES string of the molecule is O=C(COc1ccccc1F)N1CC[C@](O)(C(F)(F)F)C1. The molecule has 21 heavy (non-hydrogen) atoms. The van der Waals surface area contributed by atoms with E-state index in [-0.39, 0.29) is 12.3 Å². The van der Waals surface area contributed by atoms with Crippen LogP contribution in [0.2, 0.25) is 0 Å². The summed E-state index contributed by atoms with van der Waals surface area (Å²) in [4.78, 5) is 12.6. The fraction of sp³-hybridized carbons (Fsp3) is 0.462. The van der Waals surface area contributed by atoms with Gasteiger partial charge >= 0.3 is 6.18 Å². The van der Waals surface area contributed by atoms with Crippen LogP contribution in [0.5, 0.6) is 5.75 Å². The Morgan fingerprint density at radius 1 is 1.38 bits per heavy atom. The summed E-state index contributed by atoms with van der Waals surface area (Å²) >= 11 is 0. The zero-order valence-electron chi connectivity index (χ0n) is 10.9. The molecule has 1 heterocycles. The summed E-state index contributed by atoms with van der Waals surface area (Å²) in [5.41, 5.74) is -2.89. The summed E-state index contributed by atoms with van der Waals surface area (Å²) in [5.74, 6) is -1.56. The highest BCUT2D eigenvalue weighted by Crippen LogP contribution is 2.37. The van der Waals surface area contributed by atoms with Gasteiger partial charge < -0.3 is 14.7 Å². The number of carbonyl (C=O) groups is 1. The molecule has 1 aromatic carbocycles. The van der Waals surface area contributed by atoms with E-state index in [2.05, 4.69) is 0 Å². The van der Waals surface area contributed by atoms with Crippen LogP contribution in [-0.2, 0) is 4.79 Å². The molecule has 2 rings (SSSR count). The Bertz CT molecular complexity index is 534. The zero-order valence-corrected chi connectivity index (χ0v) is 10.9. The van der Waals surface area contributed by atoms with E-state index >= 15 is 0 Å². The summed E-state index contributed by atoms with van der Waals surface area (Å²) in [6.07, 6.45) is -5.38. The van der Waals surface area contributed by atoms with Crippen molar-refractivity contribution in [2.24, 2.45) is 0 Å². The highest BCUT2D eigenvalue weighted by atomic mass is 19.4. The van der Waals surface area contributed by atoms with Crippen LogP contribution in [0.15, 0.2) is 24.3 Å². The molecule has 116 valence electrons. The average molecular weight is 307 g/mol. The third-order valence-electron chi connectivity index (χ3n) is 3.32. The minimum absolute atomic E-state index is 0.156. The smallest absolute Gasteiger partial charge is 0.419 e. The summed E-state index contributed by atoms with van der Waals surface area (Å²) in [7, 11) is 0. The zero-order chi connectivity index (χ0) is 15.7. The molecule has 4 nitrogen and oxygen atoms in total. The van der Waals surface area contributed by atoms with Gasteiger partial charge in [-0.15, -0.1) is 0 Å². The second-order valence-corrected chi connectivity index (χ2v) is 4.81. The lowest BCUT2D eigenvalue weighted by atomic mass is 10.0. The van der Waals surface area contributed by atoms with E-state index in [0.29, 0.717) is 0 Å². The van der Waals surface area contributed by atoms with Crippen LogP contribution in [0.1, 0.15) is 6.42 Å². The predicted molar refractivity (Wildman–Crippen MR) is 64.1 cm³/mol. The Morgan fingerprint density at radius 2 is 2.05 bits per heavy atom. The number of likely N-dealkylation sites (tertiary alicyclic amines) is 1. The maximum atomic E-state index is 13.3. The fourth-order valence-corrected chi connectivity index (χ4v) is 2.03. The van der Waals surface area contributed by atoms with Gasteiger partial charge in [0.05, 0.1) is 6.54 Å². The highest BCUT2D eigenvalue weighted by Gasteiger charge is 2.57. The second-order valence-electron chi connectivity index (χ2n) is 4.81. The van der Waals surface area contributed by atoms with Crippen LogP contribution >= 0.6 is 0 Å². The Kier molecular flexibility index (Phi) is 4.08. The van der Waals surface area contributed by atoms with Crippen LogP contribution in [-0.4, -0.2) is 47.4 Å². The molecule has 0 aliphatic carbocycles. The van der Waals surface area contributed by atoms with Gasteiger partial charge in [0, 0.05) is 13.0 Å². The lowest BCUT2D eigenvalue weighted by molar-refractivity contribution is -0.253. The van der Waals surface area contributed by atoms with E-state index in [9.17, 15) is 27.5 Å². The first-order valence-electron chi connectivity index (χ1n) is 6.17. The Hall–Kier alpha value is -1.83. The summed E-state index contributed by atoms with van der Waals surface area (Å²) in [6, 6.07) is 5.38. The van der Waals surface area contributed by atoms with Gasteiger partial charge in [-0.3, -0.25) is 4.79 Å². The third-order valence-corrected chi connectivity index (χ3v) is 3.32. The molecule has 0 unspecified atom stereocenters. The standard InChI is InChI=1S/C13H13F4NO3/c14-9-3-1-2-4-10(9)21-7-11(19)18-6-5-12(20,8-18)13(15,16)17/h1-4,20H,5-8H2/t12-/m1/s1. The van der Waals surface area contributed by atoms with Crippen LogP contribution in [0.25, 0.3) is 0 Å². The molecular weight excluding hydrogens is 294 g/mol. The lowest BCUT2D eigenvalue weighted by Gasteiger charge is -2.25. The summed E-state index contributed by atoms with van der Waals surface area (Å²) in [5, 5.41) is 9.46. The number of ether oxygens (including phenoxy) is 1. The molecule has 0 saturated carbocycles. The van der Waals surface area contributed by atoms with E-state index in [0.717, 1.165) is 11.0 Å². The number of halogens is 4. The maximum Gasteiger partial charge on any atom is 0.419 e. The Morgan fingerprint density at radius 3 is 2.62 bits per heavy atom. The number of rotatable bonds is 3. The quantitative estimate of drug-likeness (QED) is 0.865. The van der Waals surface area contributed by atoms with E-state index in [1.807, 2.05) is 0 Å². The number of nitrogens with zero attached hydrogens (tertiary/aromatic N) is 1. The van der Waals surface area contributed by atoms with E-state index in [4.69, 9.17) is 4.74 Å². The molecular formula is C13H13F4NO3. The van der Waals surface area contributed by atoms with Crippen molar-refractivity contribution in [3.05, 3.63) is 30.1 Å². The first-order valence-corrected chi connectivity index (χ1v) is 6.17. The topological polar surface area (TPSA) is 49.8 Å². The number of para-hydroxylation sites is 1. The van der Waals surface area contributed by atoms with Crippen molar-refractivity contribution in [3.8, 4) is 5.75 Å². The van der Waals surface area contributed by atoms with Crippen LogP contribution in [0.3, 0.4) is 0 Å². The molecule has 0 bridgehead atoms. The van der Waals surface area contributed by atoms with Crippen molar-refractivity contribution in [1.82, 2.24) is 4.90 Å². The van der Waals surface area contributed by atoms with Crippen LogP contribution in [0, 0.1) is 5.82 Å². The molecule has 1 atom stereocenters. The van der Waals surface area contributed by atoms with Crippen LogP contribution in [0.4, 0.5) is 17.6 Å². The lowest BCUT2D eigenvalue weighted by Crippen LogP contribution is -2.48. The van der Waals surface area contributed by atoms with Crippen molar-refractivity contribution in [2.45, 2.75) is 18.2 Å². The average Bonchev–Trinajstić information content (AvgIpc) is 2.81. The number of amides is 1. The number of hydrogen-bond acceptors (Lipinski definition) is 3. The molecule has 8 heteroatoms. The molecule has 1 amide bonds. The molecule has 1 N–H and O–H groups in total. The van der Waals surface area contributed by atoms with Gasteiger partial charge in [0.2, 0.25) is 0 Å². The Balaban J connectivity index is 1.93. The molecule has 1 aliphatic rings. The van der Waals surface area contributed by atoms with E-state index in [1.54, 1.807) is 0 Å². The van der Waals surface area contributed by atoms with Gasteiger partial charge in [-0.25, -0.2) is 4.39 Å². The maximum absolute atomic E-state index is 13.3. The van der Waals surface area contributed by atoms with Gasteiger partial charge in [-0.1, -0.05) is 12.1 Å². The molecule has 1 aromatic rings. The third kappa shape index (κ3) is 3.26. The molecule has 0 radical (unpaired) electrons. The summed E-state index contributed by atoms with van der Waals surface area (Å²) in [6.45, 7) is -1.65. The van der Waals surface area contributed by atoms with Gasteiger partial charge in [0.15, 0.2) is 23.8 Å². The van der Waals surface area contributed by atoms with Gasteiger partial charge in [0.25, 0.3) is 5.91 Å². The largest absolute Gasteiger partial charge is 0.481 e. The van der Waals surface area contributed by atoms with Gasteiger partial charge in [-0.2, -0.15) is 13.2 Å². The number of aliphatic hydroxyl groups is 1. The number of carbonyl (C=O) groups excluding carboxylic acids is 1. The van der Waals surface area contributed by atoms with Crippen molar-refractivity contribution < 1.29 is 32.2 Å². The highest BCUT2D eigenvalue weighted by molar-refractivity contribution is 5.78. The van der Waals surface area contributed by atoms with E-state index < -0.39 is 43.1 Å². The number of benzene rings is 1. The van der Waals surface area contributed by atoms with Crippen molar-refractivity contribution in [2.75, 3.05) is 19.7 Å². The van der Waals surface area contributed by atoms with Crippen molar-refractivity contribution >= 4 is 5.91 Å². The normalized spacial score (nSPS) is 22.4. The monoisotopic (exact) mass is 307 g/mol. The minimum Gasteiger partial charge on any atom is -0.481 e. The molecule has 0 aromatic heterocycles. The first-order chi connectivity index (χ1) is 9.73. The fourth-order valence-electron chi connectivity index (χ4n) is 2.03. The minimum atomic E-state index is -4.80. The summed E-state index contributed by atoms with van der Waals surface area (Å²) < 4.78 is 56.0. The molecule has 0 spiro atoms. The second kappa shape index (κ2) is 5.51. The van der Waals surface area contributed by atoms with Crippen LogP contribution < -0.4 is 4.74 Å². The van der Waals surface area contributed by atoms with Crippen molar-refractivity contribution in [3.63, 3.8) is 0 Å². The predicted octanol–water partition coefficient (Wildman–Crippen LogP) is 1.73.